The first-order valence-corrected chi connectivity index (χ1v) is 27.8. The number of aromatic nitrogens is 24. The second-order valence-corrected chi connectivity index (χ2v) is 20.6. The molecule has 448 valence electrons. The van der Waals surface area contributed by atoms with E-state index in [2.05, 4.69) is 167 Å². The zero-order chi connectivity index (χ0) is 57.5. The third-order valence-electron chi connectivity index (χ3n) is 14.7. The summed E-state index contributed by atoms with van der Waals surface area (Å²) in [7, 11) is 2.13. The molecule has 0 aromatic carbocycles. The number of nitrogens with one attached hydrogen (secondary N) is 6. The van der Waals surface area contributed by atoms with Crippen molar-refractivity contribution in [1.82, 2.24) is 129 Å². The van der Waals surface area contributed by atoms with Crippen LogP contribution in [0, 0.1) is 0 Å². The van der Waals surface area contributed by atoms with Crippen molar-refractivity contribution in [2.75, 3.05) is 103 Å². The summed E-state index contributed by atoms with van der Waals surface area (Å²) in [6.07, 6.45) is 34.5. The molecule has 32 heteroatoms. The molecule has 0 saturated carbocycles. The van der Waals surface area contributed by atoms with Crippen LogP contribution in [0.15, 0.2) is 112 Å². The van der Waals surface area contributed by atoms with Crippen LogP contribution in [0.1, 0.15) is 48.0 Å². The van der Waals surface area contributed by atoms with Crippen molar-refractivity contribution < 1.29 is 0 Å². The van der Waals surface area contributed by atoms with E-state index >= 15 is 0 Å². The van der Waals surface area contributed by atoms with Crippen molar-refractivity contribution in [2.45, 2.75) is 54.0 Å². The number of aromatic amines is 3. The van der Waals surface area contributed by atoms with Crippen LogP contribution in [0.5, 0.6) is 0 Å². The second-order valence-electron chi connectivity index (χ2n) is 20.6. The average Bonchev–Trinajstić information content (AvgIpc) is 2.99. The van der Waals surface area contributed by atoms with Crippen molar-refractivity contribution in [1.29, 1.82) is 0 Å². The SMILES string of the molecule is C.C.CC(C)N1CCN(c2ncc(Nc3ncc(-c4cn[nH]c4)n4ncnc34)cn2)CC1.CN1CCN(c2ncc(Nc3ncc(-c4cn[nH]c4)n4ncnc34)cn2)CC1.c1nc2c(Nc3cnc(N4CCCCC4)nc3)ncc(-c3cn[nH]c3)n2n1. The Labute approximate surface area is 499 Å². The Morgan fingerprint density at radius 2 is 0.713 bits per heavy atom. The normalized spacial score (nSPS) is 14.7. The van der Waals surface area contributed by atoms with Crippen molar-refractivity contribution in [3.05, 3.63) is 112 Å². The molecule has 0 aliphatic carbocycles. The Bertz CT molecular complexity index is 4040. The van der Waals surface area contributed by atoms with Gasteiger partial charge in [-0.05, 0) is 40.2 Å². The van der Waals surface area contributed by atoms with Gasteiger partial charge in [0.25, 0.3) is 0 Å². The molecule has 3 aliphatic heterocycles. The number of hydrogen-bond donors (Lipinski definition) is 6. The van der Waals surface area contributed by atoms with E-state index < -0.39 is 0 Å². The fraction of sp³-hybridized carbons (Fsp3) is 0.345. The highest BCUT2D eigenvalue weighted by molar-refractivity contribution is 5.75. The predicted molar refractivity (Wildman–Crippen MR) is 329 cm³/mol. The maximum absolute atomic E-state index is 4.55. The van der Waals surface area contributed by atoms with E-state index in [4.69, 9.17) is 0 Å². The first-order valence-electron chi connectivity index (χ1n) is 27.8. The third kappa shape index (κ3) is 12.8. The molecule has 15 rings (SSSR count). The molecule has 12 aromatic rings. The average molecular weight is 1180 g/mol. The minimum Gasteiger partial charge on any atom is -0.341 e. The van der Waals surface area contributed by atoms with Gasteiger partial charge in [-0.25, -0.2) is 73.4 Å². The van der Waals surface area contributed by atoms with Crippen LogP contribution < -0.4 is 30.7 Å². The number of nitrogens with zero attached hydrogens (tertiary/aromatic N) is 26. The minimum atomic E-state index is 0. The molecule has 0 spiro atoms. The first kappa shape index (κ1) is 58.0. The minimum absolute atomic E-state index is 0. The predicted octanol–water partition coefficient (Wildman–Crippen LogP) is 5.69. The smallest absolute Gasteiger partial charge is 0.225 e. The molecule has 3 saturated heterocycles. The highest BCUT2D eigenvalue weighted by atomic mass is 15.4. The summed E-state index contributed by atoms with van der Waals surface area (Å²) >= 11 is 0. The highest BCUT2D eigenvalue weighted by Gasteiger charge is 2.22. The summed E-state index contributed by atoms with van der Waals surface area (Å²) < 4.78 is 5.17. The Morgan fingerprint density at radius 3 is 1.03 bits per heavy atom. The molecule has 12 aromatic heterocycles. The summed E-state index contributed by atoms with van der Waals surface area (Å²) in [6.45, 7) is 14.3. The van der Waals surface area contributed by atoms with Crippen LogP contribution in [-0.4, -0.2) is 208 Å². The summed E-state index contributed by atoms with van der Waals surface area (Å²) in [5.74, 6) is 4.03. The lowest BCUT2D eigenvalue weighted by Crippen LogP contribution is -2.49. The molecular formula is C55H68N32. The third-order valence-corrected chi connectivity index (χ3v) is 14.7. The summed E-state index contributed by atoms with van der Waals surface area (Å²) in [4.78, 5) is 65.0. The number of rotatable bonds is 13. The molecule has 0 radical (unpaired) electrons. The fourth-order valence-corrected chi connectivity index (χ4v) is 10.1. The van der Waals surface area contributed by atoms with Gasteiger partial charge < -0.3 is 35.6 Å². The quantitative estimate of drug-likeness (QED) is 0.0807. The number of fused-ring (bicyclic) bond motifs is 3. The Hall–Kier alpha value is -10.8. The topological polar surface area (TPSA) is 345 Å². The maximum atomic E-state index is 4.55. The summed E-state index contributed by atoms with van der Waals surface area (Å²) in [5, 5.41) is 43.0. The van der Waals surface area contributed by atoms with Crippen LogP contribution in [0.3, 0.4) is 0 Å². The van der Waals surface area contributed by atoms with Gasteiger partial charge in [-0.1, -0.05) is 14.9 Å². The monoisotopic (exact) mass is 1180 g/mol. The van der Waals surface area contributed by atoms with Gasteiger partial charge >= 0.3 is 0 Å². The van der Waals surface area contributed by atoms with E-state index in [1.54, 1.807) is 106 Å². The van der Waals surface area contributed by atoms with Gasteiger partial charge in [0.15, 0.2) is 34.4 Å². The standard InChI is InChI=1S/C19H23N11.C17H19N11.C17H18N10.2CH4/c1-13(2)28-3-5-29(6-4-28)19-21-9-15(10-22-19)27-17-18-23-12-26-30(18)16(11-20-17)14-7-24-25-8-14;1-26-2-4-27(5-3-26)17-19-8-13(9-20-17)25-15-16-21-11-24-28(16)14(10-18-15)12-6-22-23-7-12;1-2-4-26(5-3-1)17-19-8-13(9-20-17)25-15-16-21-11-24-27(16)14(10-18-15)12-6-22-23-7-12;;/h7-13H,3-6H2,1-2H3,(H,20,27)(H,24,25);6-11H,2-5H2,1H3,(H,18,25)(H,22,23);6-11H,1-5H2,(H,18,25)(H,22,23);2*1H4. The van der Waals surface area contributed by atoms with E-state index in [1.165, 1.54) is 38.2 Å². The largest absolute Gasteiger partial charge is 0.341 e. The molecule has 87 heavy (non-hydrogen) atoms. The van der Waals surface area contributed by atoms with Gasteiger partial charge in [0.2, 0.25) is 17.8 Å². The zero-order valence-electron chi connectivity index (χ0n) is 46.8. The molecular weight excluding hydrogens is 1110 g/mol. The lowest BCUT2D eigenvalue weighted by Gasteiger charge is -2.36. The molecule has 3 fully saturated rings. The van der Waals surface area contributed by atoms with Gasteiger partial charge in [-0.3, -0.25) is 20.2 Å². The van der Waals surface area contributed by atoms with Gasteiger partial charge in [-0.2, -0.15) is 30.6 Å². The van der Waals surface area contributed by atoms with Gasteiger partial charge in [0.1, 0.15) is 19.0 Å². The Balaban J connectivity index is 0.000000134. The maximum Gasteiger partial charge on any atom is 0.225 e. The van der Waals surface area contributed by atoms with E-state index in [-0.39, 0.29) is 14.9 Å². The molecule has 0 unspecified atom stereocenters. The summed E-state index contributed by atoms with van der Waals surface area (Å²) in [6, 6.07) is 0.570. The van der Waals surface area contributed by atoms with Crippen LogP contribution in [0.4, 0.5) is 52.4 Å². The van der Waals surface area contributed by atoms with E-state index in [1.807, 2.05) is 0 Å². The van der Waals surface area contributed by atoms with Gasteiger partial charge in [-0.15, -0.1) is 0 Å². The van der Waals surface area contributed by atoms with Gasteiger partial charge in [0, 0.05) is 107 Å². The molecule has 32 nitrogen and oxygen atoms in total. The van der Waals surface area contributed by atoms with Crippen molar-refractivity contribution >= 4 is 69.3 Å². The highest BCUT2D eigenvalue weighted by Crippen LogP contribution is 2.28. The van der Waals surface area contributed by atoms with Crippen molar-refractivity contribution in [3.8, 4) is 33.8 Å². The zero-order valence-corrected chi connectivity index (χ0v) is 46.8. The van der Waals surface area contributed by atoms with Crippen LogP contribution >= 0.6 is 0 Å². The number of anilines is 9. The molecule has 0 atom stereocenters. The molecule has 0 bridgehead atoms. The van der Waals surface area contributed by atoms with Crippen LogP contribution in [0.25, 0.3) is 50.7 Å². The molecule has 6 N–H and O–H groups in total. The van der Waals surface area contributed by atoms with E-state index in [0.717, 1.165) is 134 Å². The number of H-pyrrole nitrogens is 3. The van der Waals surface area contributed by atoms with Crippen LogP contribution in [0.2, 0.25) is 0 Å². The van der Waals surface area contributed by atoms with Crippen molar-refractivity contribution in [2.24, 2.45) is 0 Å². The number of hydrogen-bond acceptors (Lipinski definition) is 26. The molecule has 15 heterocycles. The van der Waals surface area contributed by atoms with Gasteiger partial charge in [0.05, 0.1) is 109 Å². The molecule has 3 aliphatic rings. The Kier molecular flexibility index (Phi) is 17.6. The molecule has 0 amide bonds. The fourth-order valence-electron chi connectivity index (χ4n) is 10.1. The number of piperidine rings is 1. The van der Waals surface area contributed by atoms with E-state index in [0.29, 0.717) is 40.4 Å². The lowest BCUT2D eigenvalue weighted by atomic mass is 10.1. The lowest BCUT2D eigenvalue weighted by molar-refractivity contribution is 0.208. The Morgan fingerprint density at radius 1 is 0.379 bits per heavy atom. The number of likely N-dealkylation sites (N-methyl/N-ethyl adjacent to an activating group) is 1. The first-order chi connectivity index (χ1) is 41.8. The summed E-state index contributed by atoms with van der Waals surface area (Å²) in [5.41, 5.74) is 9.14. The second kappa shape index (κ2) is 26.4. The number of piperazine rings is 2. The van der Waals surface area contributed by atoms with Crippen LogP contribution in [-0.2, 0) is 0 Å². The van der Waals surface area contributed by atoms with Crippen molar-refractivity contribution in [3.63, 3.8) is 0 Å². The van der Waals surface area contributed by atoms with E-state index in [9.17, 15) is 0 Å².